The van der Waals surface area contributed by atoms with Crippen LogP contribution in [-0.4, -0.2) is 20.0 Å². The molecule has 0 amide bonds. The summed E-state index contributed by atoms with van der Waals surface area (Å²) < 4.78 is 22.7. The molecule has 5 nitrogen and oxygen atoms in total. The number of carbonyl (C=O) groups excluding carboxylic acids is 1. The molecule has 0 aliphatic heterocycles. The van der Waals surface area contributed by atoms with Crippen LogP contribution in [0.2, 0.25) is 0 Å². The van der Waals surface area contributed by atoms with Crippen LogP contribution in [0.15, 0.2) is 103 Å². The summed E-state index contributed by atoms with van der Waals surface area (Å²) in [6.07, 6.45) is 3.23. The summed E-state index contributed by atoms with van der Waals surface area (Å²) >= 11 is 0. The fourth-order valence-electron chi connectivity index (χ4n) is 3.60. The third kappa shape index (κ3) is 6.54. The van der Waals surface area contributed by atoms with Crippen LogP contribution >= 0.6 is 0 Å². The van der Waals surface area contributed by atoms with Crippen LogP contribution < -0.4 is 18.9 Å². The van der Waals surface area contributed by atoms with E-state index in [1.807, 2.05) is 78.9 Å². The molecule has 182 valence electrons. The molecule has 0 saturated heterocycles. The maximum absolute atomic E-state index is 13.3. The van der Waals surface area contributed by atoms with Crippen molar-refractivity contribution in [1.29, 1.82) is 0 Å². The Balaban J connectivity index is 1.58. The van der Waals surface area contributed by atoms with Crippen LogP contribution in [-0.2, 0) is 13.2 Å². The molecule has 5 heteroatoms. The summed E-state index contributed by atoms with van der Waals surface area (Å²) in [4.78, 5) is 13.3. The molecule has 4 aromatic rings. The van der Waals surface area contributed by atoms with Gasteiger partial charge in [0.25, 0.3) is 0 Å². The Bertz CT molecular complexity index is 1310. The predicted octanol–water partition coefficient (Wildman–Crippen LogP) is 6.76. The highest BCUT2D eigenvalue weighted by Crippen LogP contribution is 2.29. The number of ether oxygens (including phenoxy) is 4. The third-order valence-electron chi connectivity index (χ3n) is 5.56. The summed E-state index contributed by atoms with van der Waals surface area (Å²) in [7, 11) is 3.18. The maximum atomic E-state index is 13.3. The standard InChI is InChI=1S/C31H28O5/c1-33-26-15-13-25(31(20-26)34-2)14-17-29(32)28-19-27(35-21-23-9-5-3-6-10-23)16-18-30(28)36-22-24-11-7-4-8-12-24/h3-20H,21-22H2,1-2H3. The SMILES string of the molecule is COc1ccc(C=CC(=O)c2cc(OCc3ccccc3)ccc2OCc2ccccc2)c(OC)c1. The lowest BCUT2D eigenvalue weighted by atomic mass is 10.1. The molecule has 0 heterocycles. The van der Waals surface area contributed by atoms with E-state index in [-0.39, 0.29) is 5.78 Å². The molecule has 4 aromatic carbocycles. The molecular formula is C31H28O5. The van der Waals surface area contributed by atoms with E-state index in [0.717, 1.165) is 16.7 Å². The number of hydrogen-bond acceptors (Lipinski definition) is 5. The first-order chi connectivity index (χ1) is 17.7. The minimum absolute atomic E-state index is 0.207. The maximum Gasteiger partial charge on any atom is 0.189 e. The fraction of sp³-hybridized carbons (Fsp3) is 0.129. The molecule has 0 aliphatic carbocycles. The monoisotopic (exact) mass is 480 g/mol. The topological polar surface area (TPSA) is 54.0 Å². The van der Waals surface area contributed by atoms with E-state index >= 15 is 0 Å². The first-order valence-corrected chi connectivity index (χ1v) is 11.6. The molecule has 0 fully saturated rings. The molecule has 0 bridgehead atoms. The van der Waals surface area contributed by atoms with Gasteiger partial charge in [0.05, 0.1) is 19.8 Å². The Morgan fingerprint density at radius 2 is 1.31 bits per heavy atom. The molecule has 0 aromatic heterocycles. The van der Waals surface area contributed by atoms with Crippen molar-refractivity contribution in [2.24, 2.45) is 0 Å². The van der Waals surface area contributed by atoms with E-state index in [2.05, 4.69) is 0 Å². The molecule has 36 heavy (non-hydrogen) atoms. The Kier molecular flexibility index (Phi) is 8.39. The highest BCUT2D eigenvalue weighted by atomic mass is 16.5. The summed E-state index contributed by atoms with van der Waals surface area (Å²) in [6.45, 7) is 0.749. The Hall–Kier alpha value is -4.51. The second-order valence-electron chi connectivity index (χ2n) is 8.01. The van der Waals surface area contributed by atoms with Crippen molar-refractivity contribution < 1.29 is 23.7 Å². The van der Waals surface area contributed by atoms with Crippen LogP contribution in [0.25, 0.3) is 6.08 Å². The average molecular weight is 481 g/mol. The molecular weight excluding hydrogens is 452 g/mol. The summed E-state index contributed by atoms with van der Waals surface area (Å²) in [5, 5.41) is 0. The lowest BCUT2D eigenvalue weighted by Gasteiger charge is -2.13. The number of methoxy groups -OCH3 is 2. The Morgan fingerprint density at radius 3 is 1.94 bits per heavy atom. The zero-order chi connectivity index (χ0) is 25.2. The van der Waals surface area contributed by atoms with Gasteiger partial charge in [-0.2, -0.15) is 0 Å². The summed E-state index contributed by atoms with van der Waals surface area (Å²) in [5.74, 6) is 2.15. The van der Waals surface area contributed by atoms with E-state index < -0.39 is 0 Å². The van der Waals surface area contributed by atoms with Gasteiger partial charge in [-0.15, -0.1) is 0 Å². The van der Waals surface area contributed by atoms with Crippen LogP contribution in [0.3, 0.4) is 0 Å². The lowest BCUT2D eigenvalue weighted by Crippen LogP contribution is -2.04. The van der Waals surface area contributed by atoms with Crippen LogP contribution in [0.1, 0.15) is 27.0 Å². The van der Waals surface area contributed by atoms with E-state index in [9.17, 15) is 4.79 Å². The van der Waals surface area contributed by atoms with E-state index in [1.165, 1.54) is 6.08 Å². The van der Waals surface area contributed by atoms with Crippen molar-refractivity contribution in [3.8, 4) is 23.0 Å². The smallest absolute Gasteiger partial charge is 0.189 e. The number of benzene rings is 4. The molecule has 0 saturated carbocycles. The summed E-state index contributed by atoms with van der Waals surface area (Å²) in [6, 6.07) is 30.5. The van der Waals surface area contributed by atoms with Crippen molar-refractivity contribution in [3.05, 3.63) is 125 Å². The Morgan fingerprint density at radius 1 is 0.667 bits per heavy atom. The van der Waals surface area contributed by atoms with Crippen molar-refractivity contribution in [3.63, 3.8) is 0 Å². The number of rotatable bonds is 11. The molecule has 0 spiro atoms. The lowest BCUT2D eigenvalue weighted by molar-refractivity contribution is 0.104. The minimum Gasteiger partial charge on any atom is -0.497 e. The van der Waals surface area contributed by atoms with Crippen molar-refractivity contribution in [2.75, 3.05) is 14.2 Å². The molecule has 0 unspecified atom stereocenters. The number of hydrogen-bond donors (Lipinski definition) is 0. The van der Waals surface area contributed by atoms with Crippen LogP contribution in [0, 0.1) is 0 Å². The van der Waals surface area contributed by atoms with Gasteiger partial charge in [-0.1, -0.05) is 60.7 Å². The van der Waals surface area contributed by atoms with Gasteiger partial charge in [-0.25, -0.2) is 0 Å². The fourth-order valence-corrected chi connectivity index (χ4v) is 3.60. The van der Waals surface area contributed by atoms with Gasteiger partial charge in [0.1, 0.15) is 36.2 Å². The van der Waals surface area contributed by atoms with E-state index in [0.29, 0.717) is 41.8 Å². The van der Waals surface area contributed by atoms with E-state index in [4.69, 9.17) is 18.9 Å². The number of ketones is 1. The predicted molar refractivity (Wildman–Crippen MR) is 141 cm³/mol. The average Bonchev–Trinajstić information content (AvgIpc) is 2.94. The quantitative estimate of drug-likeness (QED) is 0.175. The molecule has 0 radical (unpaired) electrons. The van der Waals surface area contributed by atoms with Crippen LogP contribution in [0.5, 0.6) is 23.0 Å². The number of allylic oxidation sites excluding steroid dienone is 1. The second kappa shape index (κ2) is 12.3. The third-order valence-corrected chi connectivity index (χ3v) is 5.56. The van der Waals surface area contributed by atoms with Gasteiger partial charge >= 0.3 is 0 Å². The van der Waals surface area contributed by atoms with Crippen molar-refractivity contribution in [2.45, 2.75) is 13.2 Å². The second-order valence-corrected chi connectivity index (χ2v) is 8.01. The minimum atomic E-state index is -0.207. The molecule has 4 rings (SSSR count). The van der Waals surface area contributed by atoms with Gasteiger partial charge in [0.15, 0.2) is 5.78 Å². The first-order valence-electron chi connectivity index (χ1n) is 11.6. The molecule has 0 N–H and O–H groups in total. The van der Waals surface area contributed by atoms with Gasteiger partial charge in [-0.3, -0.25) is 4.79 Å². The Labute approximate surface area is 211 Å². The van der Waals surface area contributed by atoms with Gasteiger partial charge in [-0.05, 0) is 53.6 Å². The summed E-state index contributed by atoms with van der Waals surface area (Å²) in [5.41, 5.74) is 3.23. The van der Waals surface area contributed by atoms with Crippen molar-refractivity contribution in [1.82, 2.24) is 0 Å². The number of carbonyl (C=O) groups is 1. The molecule has 0 atom stereocenters. The highest BCUT2D eigenvalue weighted by molar-refractivity contribution is 6.09. The zero-order valence-electron chi connectivity index (χ0n) is 20.3. The first kappa shape index (κ1) is 24.6. The normalized spacial score (nSPS) is 10.7. The molecule has 0 aliphatic rings. The van der Waals surface area contributed by atoms with Gasteiger partial charge in [0, 0.05) is 11.6 Å². The van der Waals surface area contributed by atoms with Gasteiger partial charge < -0.3 is 18.9 Å². The van der Waals surface area contributed by atoms with E-state index in [1.54, 1.807) is 38.5 Å². The largest absolute Gasteiger partial charge is 0.497 e. The van der Waals surface area contributed by atoms with Gasteiger partial charge in [0.2, 0.25) is 0 Å². The van der Waals surface area contributed by atoms with Crippen molar-refractivity contribution >= 4 is 11.9 Å². The highest BCUT2D eigenvalue weighted by Gasteiger charge is 2.14. The van der Waals surface area contributed by atoms with Crippen LogP contribution in [0.4, 0.5) is 0 Å². The zero-order valence-corrected chi connectivity index (χ0v) is 20.3.